The van der Waals surface area contributed by atoms with Crippen LogP contribution in [-0.4, -0.2) is 9.97 Å². The van der Waals surface area contributed by atoms with Crippen molar-refractivity contribution < 1.29 is 20.1 Å². The van der Waals surface area contributed by atoms with Crippen molar-refractivity contribution in [1.29, 1.82) is 0 Å². The van der Waals surface area contributed by atoms with Crippen LogP contribution in [-0.2, 0) is 25.5 Å². The molecule has 0 aliphatic heterocycles. The molecular weight excluding hydrogens is 797 g/mol. The first-order valence-corrected chi connectivity index (χ1v) is 18.2. The van der Waals surface area contributed by atoms with Crippen LogP contribution in [0.1, 0.15) is 99.5 Å². The zero-order chi connectivity index (χ0) is 34.5. The third-order valence-corrected chi connectivity index (χ3v) is 10.5. The number of nitrogens with zero attached hydrogens (tertiary/aromatic N) is 2. The summed E-state index contributed by atoms with van der Waals surface area (Å²) in [4.78, 5) is 9.02. The van der Waals surface area contributed by atoms with E-state index in [4.69, 9.17) is 4.98 Å². The molecule has 2 aliphatic carbocycles. The van der Waals surface area contributed by atoms with Crippen molar-refractivity contribution in [3.05, 3.63) is 168 Å². The van der Waals surface area contributed by atoms with Crippen molar-refractivity contribution in [3.8, 4) is 33.6 Å². The van der Waals surface area contributed by atoms with Crippen LogP contribution >= 0.6 is 0 Å². The predicted molar refractivity (Wildman–Crippen MR) is 210 cm³/mol. The van der Waals surface area contributed by atoms with Crippen molar-refractivity contribution >= 4 is 11.6 Å². The molecule has 1 fully saturated rings. The van der Waals surface area contributed by atoms with E-state index >= 15 is 0 Å². The van der Waals surface area contributed by atoms with Crippen LogP contribution in [0, 0.1) is 12.1 Å². The molecule has 8 rings (SSSR count). The number of aromatic nitrogens is 2. The number of benzene rings is 4. The van der Waals surface area contributed by atoms with E-state index in [-0.39, 0.29) is 25.5 Å². The quantitative estimate of drug-likeness (QED) is 0.156. The fourth-order valence-electron chi connectivity index (χ4n) is 7.53. The van der Waals surface area contributed by atoms with Gasteiger partial charge in [-0.3, -0.25) is 0 Å². The first-order chi connectivity index (χ1) is 24.4. The van der Waals surface area contributed by atoms with Gasteiger partial charge in [-0.2, -0.15) is 0 Å². The summed E-state index contributed by atoms with van der Waals surface area (Å²) >= 11 is 0. The van der Waals surface area contributed by atoms with E-state index in [0.29, 0.717) is 5.92 Å². The predicted octanol–water partition coefficient (Wildman–Crippen LogP) is 12.8. The average Bonchev–Trinajstić information content (AvgIpc) is 3.46. The number of fused-ring (bicyclic) bond motifs is 1. The van der Waals surface area contributed by atoms with E-state index in [1.54, 1.807) is 6.20 Å². The summed E-state index contributed by atoms with van der Waals surface area (Å²) < 4.78 is 0. The van der Waals surface area contributed by atoms with Gasteiger partial charge < -0.3 is 9.97 Å². The van der Waals surface area contributed by atoms with Crippen LogP contribution < -0.4 is 0 Å². The maximum absolute atomic E-state index is 4.80. The Balaban J connectivity index is 0.000000291. The van der Waals surface area contributed by atoms with Crippen LogP contribution in [0.15, 0.2) is 128 Å². The third-order valence-electron chi connectivity index (χ3n) is 10.5. The fraction of sp³-hybridized carbons (Fsp3) is 0.250. The molecule has 3 heteroatoms. The number of rotatable bonds is 6. The van der Waals surface area contributed by atoms with Gasteiger partial charge in [-0.25, -0.2) is 0 Å². The van der Waals surface area contributed by atoms with Gasteiger partial charge >= 0.3 is 0 Å². The molecule has 6 aromatic rings. The van der Waals surface area contributed by atoms with E-state index in [1.807, 2.05) is 48.7 Å². The van der Waals surface area contributed by atoms with Crippen molar-refractivity contribution in [2.24, 2.45) is 0 Å². The summed E-state index contributed by atoms with van der Waals surface area (Å²) in [6, 6.07) is 47.7. The van der Waals surface area contributed by atoms with Gasteiger partial charge in [0.1, 0.15) is 0 Å². The maximum Gasteiger partial charge on any atom is 0.0163 e. The molecule has 1 saturated carbocycles. The molecule has 0 saturated heterocycles. The number of allylic oxidation sites excluding steroid dienone is 1. The largest absolute Gasteiger partial charge is 0.305 e. The van der Waals surface area contributed by atoms with Crippen molar-refractivity contribution in [2.45, 2.75) is 77.0 Å². The van der Waals surface area contributed by atoms with Gasteiger partial charge in [-0.05, 0) is 75.9 Å². The van der Waals surface area contributed by atoms with E-state index in [9.17, 15) is 0 Å². The zero-order valence-corrected chi connectivity index (χ0v) is 32.5. The molecule has 0 N–H and O–H groups in total. The Kier molecular flexibility index (Phi) is 11.6. The first kappa shape index (κ1) is 36.4. The summed E-state index contributed by atoms with van der Waals surface area (Å²) in [5.41, 5.74) is 14.5. The Labute approximate surface area is 318 Å². The molecule has 0 atom stereocenters. The van der Waals surface area contributed by atoms with Crippen LogP contribution in [0.25, 0.3) is 45.3 Å². The molecule has 259 valence electrons. The Bertz CT molecular complexity index is 2020. The molecule has 2 nitrogen and oxygen atoms in total. The molecular formula is C48H46IrN2-2. The van der Waals surface area contributed by atoms with Crippen LogP contribution in [0.4, 0.5) is 0 Å². The molecule has 2 aromatic heterocycles. The Hall–Kier alpha value is -4.43. The van der Waals surface area contributed by atoms with E-state index < -0.39 is 0 Å². The second-order valence-corrected chi connectivity index (χ2v) is 14.5. The second-order valence-electron chi connectivity index (χ2n) is 14.5. The zero-order valence-electron chi connectivity index (χ0n) is 30.1. The molecule has 2 heterocycles. The number of pyridine rings is 2. The molecule has 0 amide bonds. The molecule has 51 heavy (non-hydrogen) atoms. The molecule has 4 aromatic carbocycles. The molecule has 0 spiro atoms. The SMILES string of the molecule is CC(C)c1ccnc(-c2[c-]c3c(c(-c4ccc(C5CCCCC5)cc4)c2)C=C(c2ccccc2)C3(C)C)c1.[Ir].[c-]1ccccc1-c1ccccn1. The van der Waals surface area contributed by atoms with Crippen LogP contribution in [0.2, 0.25) is 0 Å². The fourth-order valence-corrected chi connectivity index (χ4v) is 7.53. The normalized spacial score (nSPS) is 14.9. The molecule has 0 unspecified atom stereocenters. The van der Waals surface area contributed by atoms with Gasteiger partial charge in [0.15, 0.2) is 0 Å². The summed E-state index contributed by atoms with van der Waals surface area (Å²) in [5, 5.41) is 0. The van der Waals surface area contributed by atoms with E-state index in [1.165, 1.54) is 76.6 Å². The molecule has 2 aliphatic rings. The summed E-state index contributed by atoms with van der Waals surface area (Å²) in [6.45, 7) is 9.16. The van der Waals surface area contributed by atoms with E-state index in [2.05, 4.69) is 124 Å². The molecule has 1 radical (unpaired) electrons. The summed E-state index contributed by atoms with van der Waals surface area (Å²) in [7, 11) is 0. The van der Waals surface area contributed by atoms with Crippen LogP contribution in [0.3, 0.4) is 0 Å². The minimum atomic E-state index is -0.154. The molecule has 0 bridgehead atoms. The summed E-state index contributed by atoms with van der Waals surface area (Å²) in [5.74, 6) is 1.18. The Morgan fingerprint density at radius 1 is 0.686 bits per heavy atom. The average molecular weight is 843 g/mol. The topological polar surface area (TPSA) is 25.8 Å². The monoisotopic (exact) mass is 843 g/mol. The first-order valence-electron chi connectivity index (χ1n) is 18.2. The van der Waals surface area contributed by atoms with Gasteiger partial charge in [-0.15, -0.1) is 59.2 Å². The van der Waals surface area contributed by atoms with Gasteiger partial charge in [-0.1, -0.05) is 143 Å². The third kappa shape index (κ3) is 8.06. The second kappa shape index (κ2) is 16.3. The maximum atomic E-state index is 4.80. The van der Waals surface area contributed by atoms with Crippen molar-refractivity contribution in [1.82, 2.24) is 9.97 Å². The summed E-state index contributed by atoms with van der Waals surface area (Å²) in [6.07, 6.45) is 12.9. The van der Waals surface area contributed by atoms with Gasteiger partial charge in [0, 0.05) is 32.5 Å². The Morgan fingerprint density at radius 2 is 1.41 bits per heavy atom. The van der Waals surface area contributed by atoms with Crippen molar-refractivity contribution in [3.63, 3.8) is 0 Å². The van der Waals surface area contributed by atoms with E-state index in [0.717, 1.165) is 28.4 Å². The minimum Gasteiger partial charge on any atom is -0.305 e. The minimum absolute atomic E-state index is 0. The smallest absolute Gasteiger partial charge is 0.0163 e. The van der Waals surface area contributed by atoms with Crippen molar-refractivity contribution in [2.75, 3.05) is 0 Å². The standard InChI is InChI=1S/C37H38N.C11H8N.Ir/c1-25(2)30-19-20-38-36(23-30)31-21-32(28-17-15-27(16-18-28)26-11-7-5-8-12-26)33-24-34(29-13-9-6-10-14-29)37(3,4)35(33)22-31;1-2-6-10(7-3-1)11-8-4-5-9-12-11;/h6,9-10,13-21,23-26H,5,7-8,11-12H2,1-4H3;1-6,8-9H;/q2*-1;. The van der Waals surface area contributed by atoms with Gasteiger partial charge in [0.25, 0.3) is 0 Å². The Morgan fingerprint density at radius 3 is 2.10 bits per heavy atom. The van der Waals surface area contributed by atoms with Crippen LogP contribution in [0.5, 0.6) is 0 Å². The number of hydrogen-bond donors (Lipinski definition) is 0. The number of hydrogen-bond acceptors (Lipinski definition) is 2. The van der Waals surface area contributed by atoms with Gasteiger partial charge in [0.2, 0.25) is 0 Å². The van der Waals surface area contributed by atoms with Gasteiger partial charge in [0.05, 0.1) is 0 Å².